The first-order valence-electron chi connectivity index (χ1n) is 9.57. The number of nitro groups is 1. The van der Waals surface area contributed by atoms with E-state index < -0.39 is 34.1 Å². The number of thioether (sulfide) groups is 1. The van der Waals surface area contributed by atoms with Gasteiger partial charge in [0, 0.05) is 29.5 Å². The van der Waals surface area contributed by atoms with Crippen LogP contribution in [0.1, 0.15) is 11.3 Å². The second-order valence-corrected chi connectivity index (χ2v) is 9.07. The molecule has 176 valence electrons. The maximum Gasteiger partial charge on any atom is 0.336 e. The third-order valence-corrected chi connectivity index (χ3v) is 6.92. The van der Waals surface area contributed by atoms with E-state index >= 15 is 0 Å². The molecule has 34 heavy (non-hydrogen) atoms. The molecule has 1 unspecified atom stereocenters. The summed E-state index contributed by atoms with van der Waals surface area (Å²) >= 11 is 2.33. The number of nitro benzene ring substituents is 1. The SMILES string of the molecule is Nc1nc(C(=NO)C(=O)NC2C(=O)N3C=C(C(=O)OCc4ccc([N+](=O)[O-])cc4)CS[C@H]23)cs1. The van der Waals surface area contributed by atoms with Gasteiger partial charge in [0.15, 0.2) is 10.8 Å². The van der Waals surface area contributed by atoms with Crippen LogP contribution in [0, 0.1) is 10.1 Å². The summed E-state index contributed by atoms with van der Waals surface area (Å²) in [6.45, 7) is -0.0840. The first-order chi connectivity index (χ1) is 16.3. The Balaban J connectivity index is 1.34. The number of benzene rings is 1. The number of thiazole rings is 1. The van der Waals surface area contributed by atoms with Crippen molar-refractivity contribution in [2.45, 2.75) is 18.0 Å². The number of anilines is 1. The van der Waals surface area contributed by atoms with E-state index in [-0.39, 0.29) is 40.2 Å². The molecule has 2 aliphatic heterocycles. The number of nitrogens with two attached hydrogens (primary N) is 1. The molecule has 0 bridgehead atoms. The molecule has 4 N–H and O–H groups in total. The van der Waals surface area contributed by atoms with Crippen LogP contribution >= 0.6 is 23.1 Å². The number of rotatable bonds is 7. The molecule has 4 rings (SSSR count). The average Bonchev–Trinajstić information content (AvgIpc) is 3.26. The van der Waals surface area contributed by atoms with Crippen LogP contribution in [-0.4, -0.2) is 60.7 Å². The maximum absolute atomic E-state index is 12.5. The van der Waals surface area contributed by atoms with Gasteiger partial charge in [-0.05, 0) is 17.7 Å². The van der Waals surface area contributed by atoms with Crippen LogP contribution in [0.5, 0.6) is 0 Å². The highest BCUT2D eigenvalue weighted by Gasteiger charge is 2.50. The highest BCUT2D eigenvalue weighted by molar-refractivity contribution is 8.00. The number of amides is 2. The van der Waals surface area contributed by atoms with Crippen LogP contribution in [0.3, 0.4) is 0 Å². The lowest BCUT2D eigenvalue weighted by Crippen LogP contribution is -2.69. The van der Waals surface area contributed by atoms with Crippen LogP contribution in [0.25, 0.3) is 0 Å². The minimum atomic E-state index is -0.876. The Labute approximate surface area is 199 Å². The summed E-state index contributed by atoms with van der Waals surface area (Å²) in [5.41, 5.74) is 6.01. The third kappa shape index (κ3) is 4.55. The first-order valence-corrected chi connectivity index (χ1v) is 11.5. The summed E-state index contributed by atoms with van der Waals surface area (Å²) in [6.07, 6.45) is 1.38. The van der Waals surface area contributed by atoms with Crippen LogP contribution in [0.4, 0.5) is 10.8 Å². The Hall–Kier alpha value is -3.98. The third-order valence-electron chi connectivity index (χ3n) is 4.93. The Kier molecular flexibility index (Phi) is 6.47. The van der Waals surface area contributed by atoms with E-state index in [2.05, 4.69) is 15.5 Å². The zero-order valence-corrected chi connectivity index (χ0v) is 18.7. The fourth-order valence-electron chi connectivity index (χ4n) is 3.20. The van der Waals surface area contributed by atoms with Crippen LogP contribution in [-0.2, 0) is 25.7 Å². The lowest BCUT2D eigenvalue weighted by Gasteiger charge is -2.47. The molecule has 3 heterocycles. The van der Waals surface area contributed by atoms with Crippen molar-refractivity contribution in [3.63, 3.8) is 0 Å². The smallest absolute Gasteiger partial charge is 0.336 e. The molecule has 0 saturated carbocycles. The summed E-state index contributed by atoms with van der Waals surface area (Å²) in [5.74, 6) is -1.62. The summed E-state index contributed by atoms with van der Waals surface area (Å²) < 4.78 is 5.24. The topological polar surface area (TPSA) is 190 Å². The van der Waals surface area contributed by atoms with Gasteiger partial charge in [0.05, 0.1) is 10.5 Å². The molecule has 2 aromatic rings. The van der Waals surface area contributed by atoms with E-state index in [1.807, 2.05) is 0 Å². The lowest BCUT2D eigenvalue weighted by molar-refractivity contribution is -0.384. The number of fused-ring (bicyclic) bond motifs is 1. The number of carbonyl (C=O) groups is 3. The predicted octanol–water partition coefficient (Wildman–Crippen LogP) is 0.839. The monoisotopic (exact) mass is 504 g/mol. The number of esters is 1. The van der Waals surface area contributed by atoms with Gasteiger partial charge in [-0.3, -0.25) is 19.7 Å². The van der Waals surface area contributed by atoms with Gasteiger partial charge in [0.2, 0.25) is 0 Å². The molecule has 2 aliphatic rings. The molecule has 2 atom stereocenters. The van der Waals surface area contributed by atoms with Gasteiger partial charge in [-0.2, -0.15) is 0 Å². The summed E-state index contributed by atoms with van der Waals surface area (Å²) in [4.78, 5) is 52.8. The largest absolute Gasteiger partial charge is 0.457 e. The second kappa shape index (κ2) is 9.48. The van der Waals surface area contributed by atoms with Crippen molar-refractivity contribution in [2.75, 3.05) is 11.5 Å². The normalized spacial score (nSPS) is 19.5. The zero-order valence-electron chi connectivity index (χ0n) is 17.1. The van der Waals surface area contributed by atoms with Crippen molar-refractivity contribution in [2.24, 2.45) is 5.16 Å². The Morgan fingerprint density at radius 2 is 2.12 bits per heavy atom. The number of nitrogens with one attached hydrogen (secondary N) is 1. The summed E-state index contributed by atoms with van der Waals surface area (Å²) in [5, 5.41) is 26.6. The molecule has 0 spiro atoms. The fourth-order valence-corrected chi connectivity index (χ4v) is 4.99. The lowest BCUT2D eigenvalue weighted by atomic mass is 10.1. The van der Waals surface area contributed by atoms with Gasteiger partial charge in [-0.15, -0.1) is 23.1 Å². The number of aromatic nitrogens is 1. The van der Waals surface area contributed by atoms with Crippen LogP contribution in [0.2, 0.25) is 0 Å². The molecule has 13 nitrogen and oxygen atoms in total. The average molecular weight is 505 g/mol. The summed E-state index contributed by atoms with van der Waals surface area (Å²) in [6, 6.07) is 4.72. The molecule has 1 fully saturated rings. The van der Waals surface area contributed by atoms with Gasteiger partial charge in [0.1, 0.15) is 23.7 Å². The van der Waals surface area contributed by atoms with Gasteiger partial charge < -0.3 is 25.9 Å². The molecule has 2 amide bonds. The van der Waals surface area contributed by atoms with Crippen molar-refractivity contribution >= 4 is 57.4 Å². The molecule has 1 saturated heterocycles. The molecule has 0 aliphatic carbocycles. The van der Waals surface area contributed by atoms with E-state index in [0.717, 1.165) is 11.3 Å². The maximum atomic E-state index is 12.5. The number of ether oxygens (including phenoxy) is 1. The Morgan fingerprint density at radius 1 is 1.38 bits per heavy atom. The number of nitrogens with zero attached hydrogens (tertiary/aromatic N) is 4. The molecular weight excluding hydrogens is 488 g/mol. The summed E-state index contributed by atoms with van der Waals surface area (Å²) in [7, 11) is 0. The van der Waals surface area contributed by atoms with E-state index in [4.69, 9.17) is 10.5 Å². The van der Waals surface area contributed by atoms with E-state index in [9.17, 15) is 29.7 Å². The standard InChI is InChI=1S/C19H16N6O7S2/c20-19-21-12(8-34-19)13(23-29)15(26)22-14-16(27)24-5-10(7-33-17(14)24)18(28)32-6-9-1-3-11(4-2-9)25(30)31/h1-5,8,14,17,29H,6-7H2,(H2,20,21)(H,22,26)/t14?,17-/m1/s1. The van der Waals surface area contributed by atoms with Crippen LogP contribution in [0.15, 0.2) is 46.6 Å². The Bertz CT molecular complexity index is 1230. The molecule has 0 radical (unpaired) electrons. The van der Waals surface area contributed by atoms with Crippen molar-refractivity contribution < 1.29 is 29.3 Å². The van der Waals surface area contributed by atoms with Gasteiger partial charge in [-0.25, -0.2) is 9.78 Å². The fraction of sp³-hybridized carbons (Fsp3) is 0.211. The molecule has 1 aromatic carbocycles. The minimum Gasteiger partial charge on any atom is -0.457 e. The van der Waals surface area contributed by atoms with E-state index in [0.29, 0.717) is 5.56 Å². The van der Waals surface area contributed by atoms with Gasteiger partial charge in [0.25, 0.3) is 17.5 Å². The number of hydrogen-bond donors (Lipinski definition) is 3. The van der Waals surface area contributed by atoms with E-state index in [1.165, 1.54) is 52.5 Å². The molecular formula is C19H16N6O7S2. The van der Waals surface area contributed by atoms with Crippen molar-refractivity contribution in [3.05, 3.63) is 62.8 Å². The highest BCUT2D eigenvalue weighted by atomic mass is 32.2. The quantitative estimate of drug-likeness (QED) is 0.122. The number of non-ortho nitro benzene ring substituents is 1. The van der Waals surface area contributed by atoms with Gasteiger partial charge >= 0.3 is 5.97 Å². The number of oxime groups is 1. The second-order valence-electron chi connectivity index (χ2n) is 7.07. The number of carbonyl (C=O) groups excluding carboxylic acids is 3. The number of hydrogen-bond acceptors (Lipinski definition) is 12. The van der Waals surface area contributed by atoms with Crippen molar-refractivity contribution in [3.8, 4) is 0 Å². The van der Waals surface area contributed by atoms with Crippen molar-refractivity contribution in [1.29, 1.82) is 0 Å². The molecule has 15 heteroatoms. The highest BCUT2D eigenvalue weighted by Crippen LogP contribution is 2.36. The first kappa shape index (κ1) is 23.2. The van der Waals surface area contributed by atoms with Gasteiger partial charge in [-0.1, -0.05) is 5.16 Å². The van der Waals surface area contributed by atoms with E-state index in [1.54, 1.807) is 0 Å². The predicted molar refractivity (Wildman–Crippen MR) is 121 cm³/mol. The van der Waals surface area contributed by atoms with Crippen molar-refractivity contribution in [1.82, 2.24) is 15.2 Å². The minimum absolute atomic E-state index is 0.0708. The van der Waals surface area contributed by atoms with Crippen LogP contribution < -0.4 is 11.1 Å². The zero-order chi connectivity index (χ0) is 24.4. The number of nitrogen functional groups attached to an aromatic ring is 1. The number of β-lactam (4-membered cyclic amide) rings is 1. The Morgan fingerprint density at radius 3 is 2.74 bits per heavy atom. The molecule has 1 aromatic heterocycles.